The van der Waals surface area contributed by atoms with Gasteiger partial charge in [0.2, 0.25) is 11.8 Å². The summed E-state index contributed by atoms with van der Waals surface area (Å²) in [4.78, 5) is 27.7. The SMILES string of the molecule is CC[C@@H](C(=O)NC(C)C)N(CCc1ccccc1)C(=O)Cc1ccc(OC)cc1. The maximum atomic E-state index is 13.2. The molecule has 2 rings (SSSR count). The Morgan fingerprint density at radius 3 is 2.21 bits per heavy atom. The van der Waals surface area contributed by atoms with Crippen LogP contribution >= 0.6 is 0 Å². The number of amides is 2. The molecule has 0 fully saturated rings. The second kappa shape index (κ2) is 11.2. The lowest BCUT2D eigenvalue weighted by Crippen LogP contribution is -2.51. The van der Waals surface area contributed by atoms with E-state index in [1.165, 1.54) is 0 Å². The van der Waals surface area contributed by atoms with Gasteiger partial charge in [-0.25, -0.2) is 0 Å². The summed E-state index contributed by atoms with van der Waals surface area (Å²) in [5.74, 6) is 0.611. The van der Waals surface area contributed by atoms with Crippen molar-refractivity contribution in [3.05, 3.63) is 65.7 Å². The summed E-state index contributed by atoms with van der Waals surface area (Å²) in [5.41, 5.74) is 2.05. The fourth-order valence-corrected chi connectivity index (χ4v) is 3.30. The minimum absolute atomic E-state index is 0.0317. The van der Waals surface area contributed by atoms with E-state index in [4.69, 9.17) is 4.74 Å². The smallest absolute Gasteiger partial charge is 0.242 e. The normalized spacial score (nSPS) is 11.8. The Morgan fingerprint density at radius 1 is 1.00 bits per heavy atom. The van der Waals surface area contributed by atoms with Crippen LogP contribution in [0.15, 0.2) is 54.6 Å². The first kappa shape index (κ1) is 22.5. The Labute approximate surface area is 174 Å². The molecule has 0 saturated heterocycles. The third-order valence-electron chi connectivity index (χ3n) is 4.82. The van der Waals surface area contributed by atoms with Gasteiger partial charge in [0.05, 0.1) is 13.5 Å². The highest BCUT2D eigenvalue weighted by molar-refractivity contribution is 5.88. The van der Waals surface area contributed by atoms with Gasteiger partial charge in [-0.15, -0.1) is 0 Å². The van der Waals surface area contributed by atoms with E-state index in [2.05, 4.69) is 5.32 Å². The van der Waals surface area contributed by atoms with Crippen LogP contribution in [0.4, 0.5) is 0 Å². The summed E-state index contributed by atoms with van der Waals surface area (Å²) in [6.45, 7) is 6.31. The number of rotatable bonds is 10. The molecule has 5 heteroatoms. The van der Waals surface area contributed by atoms with Crippen LogP contribution in [0.5, 0.6) is 5.75 Å². The summed E-state index contributed by atoms with van der Waals surface area (Å²) >= 11 is 0. The number of carbonyl (C=O) groups is 2. The number of nitrogens with zero attached hydrogens (tertiary/aromatic N) is 1. The molecule has 29 heavy (non-hydrogen) atoms. The molecule has 0 bridgehead atoms. The van der Waals surface area contributed by atoms with Crippen LogP contribution in [-0.2, 0) is 22.4 Å². The molecule has 0 aromatic heterocycles. The topological polar surface area (TPSA) is 58.6 Å². The van der Waals surface area contributed by atoms with Crippen LogP contribution < -0.4 is 10.1 Å². The highest BCUT2D eigenvalue weighted by atomic mass is 16.5. The van der Waals surface area contributed by atoms with Crippen molar-refractivity contribution < 1.29 is 14.3 Å². The number of ether oxygens (including phenoxy) is 1. The average Bonchev–Trinajstić information content (AvgIpc) is 2.71. The number of methoxy groups -OCH3 is 1. The minimum atomic E-state index is -0.480. The highest BCUT2D eigenvalue weighted by Crippen LogP contribution is 2.15. The third kappa shape index (κ3) is 6.93. The van der Waals surface area contributed by atoms with Crippen LogP contribution in [-0.4, -0.2) is 42.5 Å². The average molecular weight is 397 g/mol. The molecule has 1 N–H and O–H groups in total. The molecule has 0 spiro atoms. The Bertz CT molecular complexity index is 772. The monoisotopic (exact) mass is 396 g/mol. The predicted octanol–water partition coefficient (Wildman–Crippen LogP) is 3.61. The Kier molecular flexibility index (Phi) is 8.71. The third-order valence-corrected chi connectivity index (χ3v) is 4.82. The van der Waals surface area contributed by atoms with Crippen LogP contribution in [0.1, 0.15) is 38.3 Å². The van der Waals surface area contributed by atoms with Crippen molar-refractivity contribution in [2.45, 2.75) is 52.1 Å². The molecule has 0 unspecified atom stereocenters. The van der Waals surface area contributed by atoms with Crippen LogP contribution in [0.2, 0.25) is 0 Å². The molecule has 0 saturated carbocycles. The van der Waals surface area contributed by atoms with Crippen molar-refractivity contribution in [3.8, 4) is 5.75 Å². The molecule has 1 atom stereocenters. The number of hydrogen-bond donors (Lipinski definition) is 1. The number of carbonyl (C=O) groups excluding carboxylic acids is 2. The van der Waals surface area contributed by atoms with Crippen molar-refractivity contribution in [1.82, 2.24) is 10.2 Å². The van der Waals surface area contributed by atoms with E-state index in [0.717, 1.165) is 16.9 Å². The standard InChI is InChI=1S/C24H32N2O3/c1-5-22(24(28)25-18(2)3)26(16-15-19-9-7-6-8-10-19)23(27)17-20-11-13-21(29-4)14-12-20/h6-14,18,22H,5,15-17H2,1-4H3,(H,25,28)/t22-/m0/s1. The molecule has 2 amide bonds. The van der Waals surface area contributed by atoms with E-state index in [0.29, 0.717) is 19.4 Å². The Balaban J connectivity index is 2.18. The molecule has 156 valence electrons. The van der Waals surface area contributed by atoms with E-state index in [1.54, 1.807) is 12.0 Å². The Morgan fingerprint density at radius 2 is 1.66 bits per heavy atom. The molecular formula is C24H32N2O3. The van der Waals surface area contributed by atoms with Crippen molar-refractivity contribution in [3.63, 3.8) is 0 Å². The van der Waals surface area contributed by atoms with Gasteiger partial charge in [-0.05, 0) is 49.9 Å². The first-order valence-electron chi connectivity index (χ1n) is 10.2. The zero-order chi connectivity index (χ0) is 21.2. The molecule has 0 aliphatic rings. The first-order chi connectivity index (χ1) is 13.9. The molecule has 2 aromatic rings. The van der Waals surface area contributed by atoms with Gasteiger partial charge in [-0.1, -0.05) is 49.4 Å². The van der Waals surface area contributed by atoms with Crippen molar-refractivity contribution in [1.29, 1.82) is 0 Å². The van der Waals surface area contributed by atoms with Crippen molar-refractivity contribution >= 4 is 11.8 Å². The summed E-state index contributed by atoms with van der Waals surface area (Å²) < 4.78 is 5.18. The quantitative estimate of drug-likeness (QED) is 0.667. The fraction of sp³-hybridized carbons (Fsp3) is 0.417. The van der Waals surface area contributed by atoms with Gasteiger partial charge >= 0.3 is 0 Å². The van der Waals surface area contributed by atoms with Gasteiger partial charge in [0.15, 0.2) is 0 Å². The van der Waals surface area contributed by atoms with E-state index < -0.39 is 6.04 Å². The van der Waals surface area contributed by atoms with Gasteiger partial charge < -0.3 is 15.0 Å². The van der Waals surface area contributed by atoms with E-state index in [9.17, 15) is 9.59 Å². The summed E-state index contributed by atoms with van der Waals surface area (Å²) in [7, 11) is 1.62. The lowest BCUT2D eigenvalue weighted by Gasteiger charge is -2.31. The zero-order valence-corrected chi connectivity index (χ0v) is 17.9. The second-order valence-corrected chi connectivity index (χ2v) is 7.43. The largest absolute Gasteiger partial charge is 0.497 e. The van der Waals surface area contributed by atoms with E-state index in [1.807, 2.05) is 75.4 Å². The first-order valence-corrected chi connectivity index (χ1v) is 10.2. The van der Waals surface area contributed by atoms with Gasteiger partial charge in [0.1, 0.15) is 11.8 Å². The molecule has 2 aromatic carbocycles. The second-order valence-electron chi connectivity index (χ2n) is 7.43. The van der Waals surface area contributed by atoms with E-state index in [-0.39, 0.29) is 24.3 Å². The predicted molar refractivity (Wildman–Crippen MR) is 116 cm³/mol. The maximum Gasteiger partial charge on any atom is 0.242 e. The van der Waals surface area contributed by atoms with Gasteiger partial charge in [-0.2, -0.15) is 0 Å². The number of nitrogens with one attached hydrogen (secondary N) is 1. The van der Waals surface area contributed by atoms with Crippen molar-refractivity contribution in [2.75, 3.05) is 13.7 Å². The summed E-state index contributed by atoms with van der Waals surface area (Å²) in [6, 6.07) is 17.1. The molecule has 5 nitrogen and oxygen atoms in total. The fourth-order valence-electron chi connectivity index (χ4n) is 3.30. The number of hydrogen-bond acceptors (Lipinski definition) is 3. The molecule has 0 heterocycles. The van der Waals surface area contributed by atoms with Crippen LogP contribution in [0.3, 0.4) is 0 Å². The highest BCUT2D eigenvalue weighted by Gasteiger charge is 2.28. The Hall–Kier alpha value is -2.82. The zero-order valence-electron chi connectivity index (χ0n) is 17.9. The lowest BCUT2D eigenvalue weighted by atomic mass is 10.1. The van der Waals surface area contributed by atoms with Gasteiger partial charge in [-0.3, -0.25) is 9.59 Å². The van der Waals surface area contributed by atoms with Gasteiger partial charge in [0, 0.05) is 12.6 Å². The minimum Gasteiger partial charge on any atom is -0.497 e. The maximum absolute atomic E-state index is 13.2. The van der Waals surface area contributed by atoms with Crippen molar-refractivity contribution in [2.24, 2.45) is 0 Å². The molecule has 0 radical (unpaired) electrons. The molecule has 0 aliphatic heterocycles. The van der Waals surface area contributed by atoms with Crippen LogP contribution in [0.25, 0.3) is 0 Å². The number of benzene rings is 2. The lowest BCUT2D eigenvalue weighted by molar-refractivity contribution is -0.140. The molecule has 0 aliphatic carbocycles. The summed E-state index contributed by atoms with van der Waals surface area (Å²) in [5, 5.41) is 2.96. The molecular weight excluding hydrogens is 364 g/mol. The van der Waals surface area contributed by atoms with Gasteiger partial charge in [0.25, 0.3) is 0 Å². The van der Waals surface area contributed by atoms with E-state index >= 15 is 0 Å². The van der Waals surface area contributed by atoms with Crippen LogP contribution in [0, 0.1) is 0 Å². The summed E-state index contributed by atoms with van der Waals surface area (Å²) in [6.07, 6.45) is 1.53.